The SMILES string of the molecule is CCC(=O)NC(C)c1nc2ccccc2n1CCCOc1ccc(C)cc1. The van der Waals surface area contributed by atoms with Crippen LogP contribution in [0.2, 0.25) is 0 Å². The van der Waals surface area contributed by atoms with Crippen LogP contribution in [-0.4, -0.2) is 22.1 Å². The first kappa shape index (κ1) is 19.0. The van der Waals surface area contributed by atoms with Crippen molar-refractivity contribution < 1.29 is 9.53 Å². The average molecular weight is 365 g/mol. The molecule has 5 nitrogen and oxygen atoms in total. The average Bonchev–Trinajstić information content (AvgIpc) is 3.05. The lowest BCUT2D eigenvalue weighted by Gasteiger charge is -2.16. The number of ether oxygens (including phenoxy) is 1. The van der Waals surface area contributed by atoms with E-state index in [1.54, 1.807) is 0 Å². The van der Waals surface area contributed by atoms with E-state index in [2.05, 4.69) is 35.0 Å². The summed E-state index contributed by atoms with van der Waals surface area (Å²) in [5.41, 5.74) is 3.25. The fourth-order valence-corrected chi connectivity index (χ4v) is 3.11. The van der Waals surface area contributed by atoms with Gasteiger partial charge < -0.3 is 14.6 Å². The number of rotatable bonds is 8. The molecule has 27 heavy (non-hydrogen) atoms. The van der Waals surface area contributed by atoms with Crippen LogP contribution in [0.15, 0.2) is 48.5 Å². The van der Waals surface area contributed by atoms with Gasteiger partial charge in [0.25, 0.3) is 0 Å². The van der Waals surface area contributed by atoms with Crippen LogP contribution in [0.1, 0.15) is 44.1 Å². The Hall–Kier alpha value is -2.82. The molecular weight excluding hydrogens is 338 g/mol. The van der Waals surface area contributed by atoms with Gasteiger partial charge in [0, 0.05) is 13.0 Å². The van der Waals surface area contributed by atoms with Crippen molar-refractivity contribution in [3.8, 4) is 5.75 Å². The highest BCUT2D eigenvalue weighted by atomic mass is 16.5. The number of nitrogens with one attached hydrogen (secondary N) is 1. The normalized spacial score (nSPS) is 12.1. The number of hydrogen-bond donors (Lipinski definition) is 1. The van der Waals surface area contributed by atoms with Gasteiger partial charge in [-0.25, -0.2) is 4.98 Å². The van der Waals surface area contributed by atoms with E-state index in [1.807, 2.05) is 44.2 Å². The number of aromatic nitrogens is 2. The Kier molecular flexibility index (Phi) is 6.12. The number of imidazole rings is 1. The summed E-state index contributed by atoms with van der Waals surface area (Å²) >= 11 is 0. The van der Waals surface area contributed by atoms with E-state index in [9.17, 15) is 4.79 Å². The van der Waals surface area contributed by atoms with Crippen LogP contribution in [0.3, 0.4) is 0 Å². The number of benzene rings is 2. The van der Waals surface area contributed by atoms with Gasteiger partial charge in [0.1, 0.15) is 11.6 Å². The summed E-state index contributed by atoms with van der Waals surface area (Å²) in [7, 11) is 0. The quantitative estimate of drug-likeness (QED) is 0.602. The summed E-state index contributed by atoms with van der Waals surface area (Å²) in [6.07, 6.45) is 1.32. The number of fused-ring (bicyclic) bond motifs is 1. The topological polar surface area (TPSA) is 56.2 Å². The maximum absolute atomic E-state index is 11.8. The highest BCUT2D eigenvalue weighted by molar-refractivity contribution is 5.77. The molecule has 0 aliphatic carbocycles. The second kappa shape index (κ2) is 8.71. The molecule has 1 N–H and O–H groups in total. The zero-order valence-corrected chi connectivity index (χ0v) is 16.2. The predicted octanol–water partition coefficient (Wildman–Crippen LogP) is 4.40. The van der Waals surface area contributed by atoms with Gasteiger partial charge in [-0.2, -0.15) is 0 Å². The van der Waals surface area contributed by atoms with Crippen molar-refractivity contribution in [1.82, 2.24) is 14.9 Å². The molecule has 0 saturated heterocycles. The van der Waals surface area contributed by atoms with E-state index in [0.29, 0.717) is 13.0 Å². The molecule has 0 radical (unpaired) electrons. The Bertz CT molecular complexity index is 900. The molecule has 0 fully saturated rings. The minimum atomic E-state index is -0.136. The van der Waals surface area contributed by atoms with Gasteiger partial charge in [0.15, 0.2) is 0 Å². The summed E-state index contributed by atoms with van der Waals surface area (Å²) in [5.74, 6) is 1.80. The number of carbonyl (C=O) groups is 1. The summed E-state index contributed by atoms with van der Waals surface area (Å²) in [4.78, 5) is 16.5. The molecule has 1 heterocycles. The van der Waals surface area contributed by atoms with Gasteiger partial charge in [-0.15, -0.1) is 0 Å². The molecule has 142 valence electrons. The smallest absolute Gasteiger partial charge is 0.220 e. The molecule has 5 heteroatoms. The number of amides is 1. The molecule has 1 amide bonds. The second-order valence-corrected chi connectivity index (χ2v) is 6.77. The molecule has 2 aromatic carbocycles. The third-order valence-electron chi connectivity index (χ3n) is 4.59. The minimum Gasteiger partial charge on any atom is -0.494 e. The van der Waals surface area contributed by atoms with E-state index in [1.165, 1.54) is 5.56 Å². The molecule has 1 unspecified atom stereocenters. The van der Waals surface area contributed by atoms with Crippen LogP contribution in [-0.2, 0) is 11.3 Å². The van der Waals surface area contributed by atoms with Gasteiger partial charge in [0.05, 0.1) is 23.7 Å². The van der Waals surface area contributed by atoms with Crippen LogP contribution >= 0.6 is 0 Å². The van der Waals surface area contributed by atoms with Crippen molar-refractivity contribution >= 4 is 16.9 Å². The molecule has 0 aliphatic rings. The van der Waals surface area contributed by atoms with Crippen molar-refractivity contribution in [1.29, 1.82) is 0 Å². The van der Waals surface area contributed by atoms with Crippen molar-refractivity contribution in [2.24, 2.45) is 0 Å². The Morgan fingerprint density at radius 2 is 1.93 bits per heavy atom. The molecule has 3 rings (SSSR count). The molecule has 0 bridgehead atoms. The van der Waals surface area contributed by atoms with Crippen LogP contribution in [0, 0.1) is 6.92 Å². The Labute approximate surface area is 160 Å². The standard InChI is InChI=1S/C22H27N3O2/c1-4-21(26)23-17(3)22-24-19-8-5-6-9-20(19)25(22)14-7-15-27-18-12-10-16(2)11-13-18/h5-6,8-13,17H,4,7,14-15H2,1-3H3,(H,23,26). The number of hydrogen-bond acceptors (Lipinski definition) is 3. The summed E-state index contributed by atoms with van der Waals surface area (Å²) < 4.78 is 8.04. The Morgan fingerprint density at radius 1 is 1.19 bits per heavy atom. The van der Waals surface area contributed by atoms with Crippen LogP contribution in [0.25, 0.3) is 11.0 Å². The van der Waals surface area contributed by atoms with Crippen LogP contribution in [0.4, 0.5) is 0 Å². The highest BCUT2D eigenvalue weighted by Gasteiger charge is 2.17. The third-order valence-corrected chi connectivity index (χ3v) is 4.59. The van der Waals surface area contributed by atoms with E-state index in [-0.39, 0.29) is 11.9 Å². The van der Waals surface area contributed by atoms with E-state index >= 15 is 0 Å². The molecular formula is C22H27N3O2. The number of para-hydroxylation sites is 2. The summed E-state index contributed by atoms with van der Waals surface area (Å²) in [6, 6.07) is 16.0. The van der Waals surface area contributed by atoms with Crippen LogP contribution < -0.4 is 10.1 Å². The van der Waals surface area contributed by atoms with E-state index < -0.39 is 0 Å². The van der Waals surface area contributed by atoms with E-state index in [4.69, 9.17) is 9.72 Å². The van der Waals surface area contributed by atoms with Crippen molar-refractivity contribution in [3.05, 3.63) is 59.9 Å². The lowest BCUT2D eigenvalue weighted by atomic mass is 10.2. The third kappa shape index (κ3) is 4.67. The van der Waals surface area contributed by atoms with Gasteiger partial charge in [-0.3, -0.25) is 4.79 Å². The molecule has 0 spiro atoms. The van der Waals surface area contributed by atoms with Gasteiger partial charge in [0.2, 0.25) is 5.91 Å². The number of nitrogens with zero attached hydrogens (tertiary/aromatic N) is 2. The first-order valence-electron chi connectivity index (χ1n) is 9.52. The van der Waals surface area contributed by atoms with E-state index in [0.717, 1.165) is 35.6 Å². The van der Waals surface area contributed by atoms with Crippen molar-refractivity contribution in [3.63, 3.8) is 0 Å². The molecule has 0 saturated carbocycles. The summed E-state index contributed by atoms with van der Waals surface area (Å²) in [5, 5.41) is 3.02. The number of aryl methyl sites for hydroxylation is 2. The summed E-state index contributed by atoms with van der Waals surface area (Å²) in [6.45, 7) is 7.31. The van der Waals surface area contributed by atoms with Crippen molar-refractivity contribution in [2.75, 3.05) is 6.61 Å². The Morgan fingerprint density at radius 3 is 2.67 bits per heavy atom. The minimum absolute atomic E-state index is 0.0313. The Balaban J connectivity index is 1.70. The van der Waals surface area contributed by atoms with Crippen LogP contribution in [0.5, 0.6) is 5.75 Å². The lowest BCUT2D eigenvalue weighted by molar-refractivity contribution is -0.121. The maximum atomic E-state index is 11.8. The predicted molar refractivity (Wildman–Crippen MR) is 108 cm³/mol. The lowest BCUT2D eigenvalue weighted by Crippen LogP contribution is -2.28. The monoisotopic (exact) mass is 365 g/mol. The zero-order valence-electron chi connectivity index (χ0n) is 16.2. The number of carbonyl (C=O) groups excluding carboxylic acids is 1. The largest absolute Gasteiger partial charge is 0.494 e. The second-order valence-electron chi connectivity index (χ2n) is 6.77. The molecule has 0 aliphatic heterocycles. The molecule has 1 atom stereocenters. The van der Waals surface area contributed by atoms with Gasteiger partial charge >= 0.3 is 0 Å². The first-order chi connectivity index (χ1) is 13.1. The fourth-order valence-electron chi connectivity index (χ4n) is 3.11. The molecule has 3 aromatic rings. The highest BCUT2D eigenvalue weighted by Crippen LogP contribution is 2.21. The van der Waals surface area contributed by atoms with Gasteiger partial charge in [-0.1, -0.05) is 36.8 Å². The zero-order chi connectivity index (χ0) is 19.2. The molecule has 1 aromatic heterocycles. The first-order valence-corrected chi connectivity index (χ1v) is 9.52. The fraction of sp³-hybridized carbons (Fsp3) is 0.364. The maximum Gasteiger partial charge on any atom is 0.220 e. The van der Waals surface area contributed by atoms with Gasteiger partial charge in [-0.05, 0) is 44.5 Å². The van der Waals surface area contributed by atoms with Crippen molar-refractivity contribution in [2.45, 2.75) is 46.2 Å².